The van der Waals surface area contributed by atoms with Gasteiger partial charge >= 0.3 is 6.03 Å². The van der Waals surface area contributed by atoms with E-state index >= 15 is 0 Å². The highest BCUT2D eigenvalue weighted by Gasteiger charge is 2.19. The molecule has 6 nitrogen and oxygen atoms in total. The average molecular weight is 617 g/mol. The molecule has 0 aromatic heterocycles. The Balaban J connectivity index is 0. The van der Waals surface area contributed by atoms with Crippen LogP contribution in [0.3, 0.4) is 0 Å². The van der Waals surface area contributed by atoms with Crippen molar-refractivity contribution in [2.24, 2.45) is 5.73 Å². The quantitative estimate of drug-likeness (QED) is 0.0566. The van der Waals surface area contributed by atoms with Crippen molar-refractivity contribution in [3.05, 3.63) is 0 Å². The number of urea groups is 1. The number of nitrogens with one attached hydrogen (secondary N) is 3. The van der Waals surface area contributed by atoms with Crippen molar-refractivity contribution in [2.75, 3.05) is 19.6 Å². The summed E-state index contributed by atoms with van der Waals surface area (Å²) in [6.07, 6.45) is 33.7. The summed E-state index contributed by atoms with van der Waals surface area (Å²) < 4.78 is 0. The summed E-state index contributed by atoms with van der Waals surface area (Å²) in [7, 11) is 0. The highest BCUT2D eigenvalue weighted by Crippen LogP contribution is 2.13. The minimum absolute atomic E-state index is 0. The van der Waals surface area contributed by atoms with Gasteiger partial charge in [-0.1, -0.05) is 155 Å². The van der Waals surface area contributed by atoms with Crippen LogP contribution in [0.1, 0.15) is 187 Å². The van der Waals surface area contributed by atoms with Gasteiger partial charge < -0.3 is 21.7 Å². The van der Waals surface area contributed by atoms with Crippen LogP contribution in [-0.2, 0) is 4.79 Å². The number of halogens is 1. The van der Waals surface area contributed by atoms with Crippen LogP contribution in [0, 0.1) is 0 Å². The molecule has 0 rings (SSSR count). The lowest BCUT2D eigenvalue weighted by atomic mass is 10.0. The molecule has 0 aromatic carbocycles. The van der Waals surface area contributed by atoms with E-state index in [-0.39, 0.29) is 24.3 Å². The van der Waals surface area contributed by atoms with Crippen molar-refractivity contribution in [1.82, 2.24) is 16.0 Å². The van der Waals surface area contributed by atoms with Crippen molar-refractivity contribution in [2.45, 2.75) is 193 Å². The van der Waals surface area contributed by atoms with Gasteiger partial charge in [0.15, 0.2) is 0 Å². The van der Waals surface area contributed by atoms with Crippen molar-refractivity contribution < 1.29 is 9.59 Å². The smallest absolute Gasteiger partial charge is 0.315 e. The molecule has 5 N–H and O–H groups in total. The Bertz CT molecular complexity index is 565. The molecule has 1 atom stereocenters. The lowest BCUT2D eigenvalue weighted by molar-refractivity contribution is -0.123. The molecule has 0 radical (unpaired) electrons. The van der Waals surface area contributed by atoms with Gasteiger partial charge in [-0.2, -0.15) is 0 Å². The minimum Gasteiger partial charge on any atom is -0.354 e. The second kappa shape index (κ2) is 36.2. The number of unbranched alkanes of at least 4 members (excludes halogenated alkanes) is 23. The van der Waals surface area contributed by atoms with Crippen molar-refractivity contribution in [1.29, 1.82) is 0 Å². The Hall–Kier alpha value is -1.01. The SMILES string of the molecule is CCCCCCCCCCCCCCCCNC(=O)N[C@@H](CCCCN)C(=O)NCCCCCCCCCCCC.Cl. The summed E-state index contributed by atoms with van der Waals surface area (Å²) in [5.74, 6) is -0.0652. The first kappa shape index (κ1) is 43.1. The normalized spacial score (nSPS) is 11.6. The Morgan fingerprint density at radius 2 is 0.857 bits per heavy atom. The molecule has 0 aliphatic heterocycles. The lowest BCUT2D eigenvalue weighted by Crippen LogP contribution is -2.50. The maximum atomic E-state index is 12.8. The highest BCUT2D eigenvalue weighted by atomic mass is 35.5. The van der Waals surface area contributed by atoms with E-state index in [1.54, 1.807) is 0 Å². The van der Waals surface area contributed by atoms with Gasteiger partial charge in [0.2, 0.25) is 5.91 Å². The molecule has 252 valence electrons. The van der Waals surface area contributed by atoms with Crippen LogP contribution >= 0.6 is 12.4 Å². The van der Waals surface area contributed by atoms with Crippen LogP contribution in [0.25, 0.3) is 0 Å². The van der Waals surface area contributed by atoms with Gasteiger partial charge in [0.1, 0.15) is 6.04 Å². The van der Waals surface area contributed by atoms with Crippen LogP contribution in [0.4, 0.5) is 4.79 Å². The van der Waals surface area contributed by atoms with Crippen molar-refractivity contribution in [3.8, 4) is 0 Å². The van der Waals surface area contributed by atoms with E-state index in [2.05, 4.69) is 29.8 Å². The number of amides is 3. The van der Waals surface area contributed by atoms with Gasteiger partial charge in [-0.3, -0.25) is 4.79 Å². The first-order chi connectivity index (χ1) is 20.2. The van der Waals surface area contributed by atoms with Gasteiger partial charge in [0.05, 0.1) is 0 Å². The van der Waals surface area contributed by atoms with Gasteiger partial charge in [-0.15, -0.1) is 12.4 Å². The predicted molar refractivity (Wildman–Crippen MR) is 186 cm³/mol. The van der Waals surface area contributed by atoms with Crippen LogP contribution in [0.15, 0.2) is 0 Å². The fourth-order valence-electron chi connectivity index (χ4n) is 5.44. The Kier molecular flexibility index (Phi) is 37.1. The topological polar surface area (TPSA) is 96.2 Å². The summed E-state index contributed by atoms with van der Waals surface area (Å²) in [6.45, 7) is 6.49. The third-order valence-electron chi connectivity index (χ3n) is 8.21. The molecular weight excluding hydrogens is 544 g/mol. The average Bonchev–Trinajstić information content (AvgIpc) is 2.97. The van der Waals surface area contributed by atoms with Crippen LogP contribution in [-0.4, -0.2) is 37.6 Å². The number of hydrogen-bond donors (Lipinski definition) is 4. The third-order valence-corrected chi connectivity index (χ3v) is 8.21. The molecule has 0 spiro atoms. The molecule has 42 heavy (non-hydrogen) atoms. The summed E-state index contributed by atoms with van der Waals surface area (Å²) in [6, 6.07) is -0.715. The van der Waals surface area contributed by atoms with Gasteiger partial charge in [-0.05, 0) is 38.6 Å². The number of nitrogens with two attached hydrogens (primary N) is 1. The first-order valence-electron chi connectivity index (χ1n) is 18.2. The number of carbonyl (C=O) groups is 2. The molecular formula is C35H73ClN4O2. The Morgan fingerprint density at radius 3 is 1.24 bits per heavy atom. The number of carbonyl (C=O) groups excluding carboxylic acids is 2. The Morgan fingerprint density at radius 1 is 0.500 bits per heavy atom. The third kappa shape index (κ3) is 31.9. The molecule has 0 fully saturated rings. The summed E-state index contributed by atoms with van der Waals surface area (Å²) >= 11 is 0. The molecule has 0 saturated heterocycles. The van der Waals surface area contributed by atoms with Gasteiger partial charge in [-0.25, -0.2) is 4.79 Å². The van der Waals surface area contributed by atoms with Crippen LogP contribution in [0.2, 0.25) is 0 Å². The highest BCUT2D eigenvalue weighted by molar-refractivity contribution is 5.87. The van der Waals surface area contributed by atoms with E-state index in [0.717, 1.165) is 38.5 Å². The zero-order valence-corrected chi connectivity index (χ0v) is 28.9. The second-order valence-corrected chi connectivity index (χ2v) is 12.3. The monoisotopic (exact) mass is 617 g/mol. The summed E-state index contributed by atoms with van der Waals surface area (Å²) in [5, 5.41) is 8.92. The second-order valence-electron chi connectivity index (χ2n) is 12.3. The fourth-order valence-corrected chi connectivity index (χ4v) is 5.44. The summed E-state index contributed by atoms with van der Waals surface area (Å²) in [5.41, 5.74) is 5.64. The van der Waals surface area contributed by atoms with E-state index in [0.29, 0.717) is 26.1 Å². The largest absolute Gasteiger partial charge is 0.354 e. The first-order valence-corrected chi connectivity index (χ1v) is 18.2. The van der Waals surface area contributed by atoms with Gasteiger partial charge in [0, 0.05) is 13.1 Å². The van der Waals surface area contributed by atoms with Crippen LogP contribution < -0.4 is 21.7 Å². The van der Waals surface area contributed by atoms with Crippen molar-refractivity contribution in [3.63, 3.8) is 0 Å². The summed E-state index contributed by atoms with van der Waals surface area (Å²) in [4.78, 5) is 25.2. The lowest BCUT2D eigenvalue weighted by Gasteiger charge is -2.19. The molecule has 0 saturated carbocycles. The molecule has 0 bridgehead atoms. The van der Waals surface area contributed by atoms with Crippen molar-refractivity contribution >= 4 is 24.3 Å². The van der Waals surface area contributed by atoms with E-state index in [4.69, 9.17) is 5.73 Å². The molecule has 3 amide bonds. The van der Waals surface area contributed by atoms with E-state index < -0.39 is 6.04 Å². The molecule has 7 heteroatoms. The molecule has 0 aliphatic rings. The molecule has 0 aliphatic carbocycles. The zero-order valence-electron chi connectivity index (χ0n) is 28.1. The maximum absolute atomic E-state index is 12.8. The molecule has 0 aromatic rings. The predicted octanol–water partition coefficient (Wildman–Crippen LogP) is 9.72. The number of rotatable bonds is 32. The fraction of sp³-hybridized carbons (Fsp3) is 0.943. The van der Waals surface area contributed by atoms with E-state index in [1.165, 1.54) is 128 Å². The minimum atomic E-state index is -0.485. The van der Waals surface area contributed by atoms with E-state index in [9.17, 15) is 9.59 Å². The van der Waals surface area contributed by atoms with Crippen LogP contribution in [0.5, 0.6) is 0 Å². The molecule has 0 heterocycles. The maximum Gasteiger partial charge on any atom is 0.315 e. The standard InChI is InChI=1S/C35H72N4O2.ClH/c1-3-5-7-9-11-13-15-16-17-18-20-22-24-28-32-38-35(41)39-33(29-25-26-30-36)34(40)37-31-27-23-21-19-14-12-10-8-6-4-2;/h33H,3-32,36H2,1-2H3,(H,37,40)(H2,38,39,41);1H/t33-;/m0./s1. The zero-order chi connectivity index (χ0) is 30.1. The van der Waals surface area contributed by atoms with Gasteiger partial charge in [0.25, 0.3) is 0 Å². The Labute approximate surface area is 268 Å². The van der Waals surface area contributed by atoms with E-state index in [1.807, 2.05) is 0 Å². The number of hydrogen-bond acceptors (Lipinski definition) is 3. The molecule has 0 unspecified atom stereocenters.